The Morgan fingerprint density at radius 2 is 1.71 bits per heavy atom. The van der Waals surface area contributed by atoms with Crippen LogP contribution in [-0.2, 0) is 15.8 Å². The van der Waals surface area contributed by atoms with E-state index in [0.29, 0.717) is 13.1 Å². The molecule has 1 aromatic carbocycles. The predicted octanol–water partition coefficient (Wildman–Crippen LogP) is 2.44. The molecular formula is C16H22F3N3O2. The van der Waals surface area contributed by atoms with E-state index >= 15 is 0 Å². The van der Waals surface area contributed by atoms with Gasteiger partial charge in [0.05, 0.1) is 11.3 Å². The van der Waals surface area contributed by atoms with E-state index in [1.165, 1.54) is 30.0 Å². The molecular weight excluding hydrogens is 323 g/mol. The molecule has 24 heavy (non-hydrogen) atoms. The van der Waals surface area contributed by atoms with Gasteiger partial charge in [-0.25, -0.2) is 0 Å². The van der Waals surface area contributed by atoms with Crippen molar-refractivity contribution in [3.8, 4) is 0 Å². The molecule has 1 aromatic rings. The Morgan fingerprint density at radius 3 is 2.25 bits per heavy atom. The highest BCUT2D eigenvalue weighted by atomic mass is 19.4. The lowest BCUT2D eigenvalue weighted by molar-refractivity contribution is -0.137. The first-order chi connectivity index (χ1) is 11.1. The third-order valence-electron chi connectivity index (χ3n) is 3.38. The van der Waals surface area contributed by atoms with Crippen LogP contribution in [0.2, 0.25) is 0 Å². The van der Waals surface area contributed by atoms with Crippen LogP contribution in [0.4, 0.5) is 18.9 Å². The molecule has 134 valence electrons. The summed E-state index contributed by atoms with van der Waals surface area (Å²) in [5, 5.41) is 2.27. The van der Waals surface area contributed by atoms with Gasteiger partial charge in [0, 0.05) is 33.0 Å². The quantitative estimate of drug-likeness (QED) is 0.826. The SMILES string of the molecule is CC(=O)N(CCC(=O)Nc1ccccc1C(F)(F)F)CCN(C)C. The summed E-state index contributed by atoms with van der Waals surface area (Å²) in [6.45, 7) is 2.64. The zero-order chi connectivity index (χ0) is 18.3. The lowest BCUT2D eigenvalue weighted by atomic mass is 10.1. The van der Waals surface area contributed by atoms with Gasteiger partial charge in [-0.15, -0.1) is 0 Å². The second kappa shape index (κ2) is 8.68. The molecule has 0 aromatic heterocycles. The third kappa shape index (κ3) is 6.57. The second-order valence-corrected chi connectivity index (χ2v) is 5.65. The van der Waals surface area contributed by atoms with E-state index in [4.69, 9.17) is 0 Å². The van der Waals surface area contributed by atoms with Crippen LogP contribution >= 0.6 is 0 Å². The van der Waals surface area contributed by atoms with E-state index in [1.807, 2.05) is 19.0 Å². The number of rotatable bonds is 7. The van der Waals surface area contributed by atoms with Gasteiger partial charge in [-0.1, -0.05) is 12.1 Å². The van der Waals surface area contributed by atoms with Gasteiger partial charge in [0.25, 0.3) is 0 Å². The van der Waals surface area contributed by atoms with Crippen LogP contribution in [0.25, 0.3) is 0 Å². The van der Waals surface area contributed by atoms with Crippen LogP contribution in [-0.4, -0.2) is 55.3 Å². The Kier molecular flexibility index (Phi) is 7.21. The molecule has 0 aliphatic heterocycles. The molecule has 0 atom stereocenters. The Morgan fingerprint density at radius 1 is 1.08 bits per heavy atom. The number of alkyl halides is 3. The van der Waals surface area contributed by atoms with Crippen LogP contribution in [0, 0.1) is 0 Å². The number of hydrogen-bond donors (Lipinski definition) is 1. The molecule has 0 aliphatic rings. The lowest BCUT2D eigenvalue weighted by Gasteiger charge is -2.23. The van der Waals surface area contributed by atoms with Crippen molar-refractivity contribution in [1.29, 1.82) is 0 Å². The van der Waals surface area contributed by atoms with E-state index in [0.717, 1.165) is 6.07 Å². The average Bonchev–Trinajstić information content (AvgIpc) is 2.45. The number of nitrogens with zero attached hydrogens (tertiary/aromatic N) is 2. The van der Waals surface area contributed by atoms with E-state index in [2.05, 4.69) is 5.32 Å². The van der Waals surface area contributed by atoms with E-state index in [1.54, 1.807) is 0 Å². The minimum absolute atomic E-state index is 0.0702. The highest BCUT2D eigenvalue weighted by Crippen LogP contribution is 2.34. The fourth-order valence-corrected chi connectivity index (χ4v) is 2.04. The van der Waals surface area contributed by atoms with Gasteiger partial charge in [-0.2, -0.15) is 13.2 Å². The van der Waals surface area contributed by atoms with E-state index in [9.17, 15) is 22.8 Å². The molecule has 0 saturated carbocycles. The number of nitrogens with one attached hydrogen (secondary N) is 1. The predicted molar refractivity (Wildman–Crippen MR) is 85.5 cm³/mol. The number of para-hydroxylation sites is 1. The molecule has 0 saturated heterocycles. The number of halogens is 3. The average molecular weight is 345 g/mol. The molecule has 5 nitrogen and oxygen atoms in total. The summed E-state index contributed by atoms with van der Waals surface area (Å²) in [4.78, 5) is 26.9. The highest BCUT2D eigenvalue weighted by molar-refractivity contribution is 5.92. The molecule has 0 radical (unpaired) electrons. The number of amides is 2. The summed E-state index contributed by atoms with van der Waals surface area (Å²) < 4.78 is 38.7. The summed E-state index contributed by atoms with van der Waals surface area (Å²) in [6, 6.07) is 4.80. The van der Waals surface area contributed by atoms with Crippen molar-refractivity contribution in [2.24, 2.45) is 0 Å². The summed E-state index contributed by atoms with van der Waals surface area (Å²) in [5.41, 5.74) is -1.17. The van der Waals surface area contributed by atoms with Crippen LogP contribution in [0.1, 0.15) is 18.9 Å². The van der Waals surface area contributed by atoms with Crippen LogP contribution < -0.4 is 5.32 Å². The first-order valence-corrected chi connectivity index (χ1v) is 7.47. The lowest BCUT2D eigenvalue weighted by Crippen LogP contribution is -2.37. The summed E-state index contributed by atoms with van der Waals surface area (Å²) in [5.74, 6) is -0.747. The van der Waals surface area contributed by atoms with Crippen molar-refractivity contribution in [2.45, 2.75) is 19.5 Å². The molecule has 0 spiro atoms. The van der Waals surface area contributed by atoms with Gasteiger partial charge in [-0.05, 0) is 26.2 Å². The number of anilines is 1. The Labute approximate surface area is 139 Å². The van der Waals surface area contributed by atoms with Crippen molar-refractivity contribution >= 4 is 17.5 Å². The van der Waals surface area contributed by atoms with E-state index in [-0.39, 0.29) is 24.6 Å². The van der Waals surface area contributed by atoms with Gasteiger partial charge >= 0.3 is 6.18 Å². The maximum Gasteiger partial charge on any atom is 0.418 e. The molecule has 0 unspecified atom stereocenters. The molecule has 1 N–H and O–H groups in total. The largest absolute Gasteiger partial charge is 0.418 e. The zero-order valence-electron chi connectivity index (χ0n) is 14.0. The minimum atomic E-state index is -4.54. The molecule has 0 heterocycles. The smallest absolute Gasteiger partial charge is 0.341 e. The van der Waals surface area contributed by atoms with E-state index < -0.39 is 17.6 Å². The van der Waals surface area contributed by atoms with Crippen LogP contribution in [0.3, 0.4) is 0 Å². The number of likely N-dealkylation sites (N-methyl/N-ethyl adjacent to an activating group) is 1. The third-order valence-corrected chi connectivity index (χ3v) is 3.38. The summed E-state index contributed by atoms with van der Waals surface area (Å²) in [7, 11) is 3.72. The maximum atomic E-state index is 12.9. The molecule has 1 rings (SSSR count). The van der Waals surface area contributed by atoms with Crippen molar-refractivity contribution in [3.05, 3.63) is 29.8 Å². The standard InChI is InChI=1S/C16H22F3N3O2/c1-12(23)22(11-10-21(2)3)9-8-15(24)20-14-7-5-4-6-13(14)16(17,18)19/h4-7H,8-11H2,1-3H3,(H,20,24). The van der Waals surface area contributed by atoms with Crippen molar-refractivity contribution in [1.82, 2.24) is 9.80 Å². The Balaban J connectivity index is 2.65. The Bertz CT molecular complexity index is 574. The highest BCUT2D eigenvalue weighted by Gasteiger charge is 2.33. The van der Waals surface area contributed by atoms with Crippen LogP contribution in [0.15, 0.2) is 24.3 Å². The first-order valence-electron chi connectivity index (χ1n) is 7.47. The van der Waals surface area contributed by atoms with Gasteiger partial charge in [0.15, 0.2) is 0 Å². The van der Waals surface area contributed by atoms with Gasteiger partial charge in [-0.3, -0.25) is 9.59 Å². The molecule has 8 heteroatoms. The number of carbonyl (C=O) groups excluding carboxylic acids is 2. The van der Waals surface area contributed by atoms with Crippen molar-refractivity contribution in [2.75, 3.05) is 39.0 Å². The molecule has 0 aliphatic carbocycles. The second-order valence-electron chi connectivity index (χ2n) is 5.65. The zero-order valence-corrected chi connectivity index (χ0v) is 14.0. The first kappa shape index (κ1) is 20.0. The van der Waals surface area contributed by atoms with Gasteiger partial charge < -0.3 is 15.1 Å². The molecule has 2 amide bonds. The Hall–Kier alpha value is -2.09. The topological polar surface area (TPSA) is 52.7 Å². The summed E-state index contributed by atoms with van der Waals surface area (Å²) >= 11 is 0. The van der Waals surface area contributed by atoms with Crippen molar-refractivity contribution in [3.63, 3.8) is 0 Å². The molecule has 0 bridgehead atoms. The monoisotopic (exact) mass is 345 g/mol. The number of benzene rings is 1. The minimum Gasteiger partial charge on any atom is -0.341 e. The normalized spacial score (nSPS) is 11.5. The fraction of sp³-hybridized carbons (Fsp3) is 0.500. The summed E-state index contributed by atoms with van der Waals surface area (Å²) in [6.07, 6.45) is -4.61. The van der Waals surface area contributed by atoms with Gasteiger partial charge in [0.2, 0.25) is 11.8 Å². The number of carbonyl (C=O) groups is 2. The molecule has 0 fully saturated rings. The fourth-order valence-electron chi connectivity index (χ4n) is 2.04. The maximum absolute atomic E-state index is 12.9. The van der Waals surface area contributed by atoms with Crippen LogP contribution in [0.5, 0.6) is 0 Å². The van der Waals surface area contributed by atoms with Gasteiger partial charge in [0.1, 0.15) is 0 Å². The number of hydrogen-bond acceptors (Lipinski definition) is 3. The van der Waals surface area contributed by atoms with Crippen molar-refractivity contribution < 1.29 is 22.8 Å².